The van der Waals surface area contributed by atoms with Crippen molar-refractivity contribution in [1.82, 2.24) is 24.7 Å². The topological polar surface area (TPSA) is 69.6 Å². The number of aromatic nitrogens is 2. The van der Waals surface area contributed by atoms with Gasteiger partial charge in [0, 0.05) is 50.8 Å². The van der Waals surface area contributed by atoms with Gasteiger partial charge in [-0.05, 0) is 39.2 Å². The lowest BCUT2D eigenvalue weighted by Gasteiger charge is -2.35. The summed E-state index contributed by atoms with van der Waals surface area (Å²) >= 11 is 0. The van der Waals surface area contributed by atoms with Gasteiger partial charge in [0.2, 0.25) is 11.8 Å². The Morgan fingerprint density at radius 1 is 1.14 bits per heavy atom. The van der Waals surface area contributed by atoms with Gasteiger partial charge in [-0.1, -0.05) is 6.42 Å². The number of carbonyl (C=O) groups is 2. The van der Waals surface area contributed by atoms with Gasteiger partial charge in [0.1, 0.15) is 0 Å². The summed E-state index contributed by atoms with van der Waals surface area (Å²) in [6, 6.07) is 0.499. The van der Waals surface area contributed by atoms with Crippen LogP contribution < -0.4 is 0 Å². The molecule has 1 aromatic rings. The van der Waals surface area contributed by atoms with E-state index in [-0.39, 0.29) is 17.9 Å². The van der Waals surface area contributed by atoms with Gasteiger partial charge in [0.25, 0.3) is 0 Å². The Morgan fingerprint density at radius 3 is 2.79 bits per heavy atom. The van der Waals surface area contributed by atoms with Gasteiger partial charge in [-0.3, -0.25) is 14.5 Å². The van der Waals surface area contributed by atoms with E-state index in [4.69, 9.17) is 4.98 Å². The molecular formula is C21H31N5O2. The number of rotatable bonds is 3. The Labute approximate surface area is 167 Å². The molecule has 1 aromatic heterocycles. The van der Waals surface area contributed by atoms with Crippen LogP contribution >= 0.6 is 0 Å². The molecule has 2 amide bonds. The average Bonchev–Trinajstić information content (AvgIpc) is 3.19. The zero-order chi connectivity index (χ0) is 19.7. The Hall–Kier alpha value is -2.02. The number of amides is 2. The van der Waals surface area contributed by atoms with E-state index in [0.29, 0.717) is 25.7 Å². The SMILES string of the molecule is CC(=O)N1CCC[C@H]1c1ncc2c(n1)CCN(C(=O)CN1CCCC[C@H]1C)C2. The minimum atomic E-state index is 0.00282. The number of hydrogen-bond donors (Lipinski definition) is 0. The molecule has 7 nitrogen and oxygen atoms in total. The first kappa shape index (κ1) is 19.3. The molecule has 0 saturated carbocycles. The van der Waals surface area contributed by atoms with Crippen LogP contribution in [0.25, 0.3) is 0 Å². The zero-order valence-electron chi connectivity index (χ0n) is 17.1. The highest BCUT2D eigenvalue weighted by atomic mass is 16.2. The minimum Gasteiger partial charge on any atom is -0.337 e. The van der Waals surface area contributed by atoms with Gasteiger partial charge in [-0.2, -0.15) is 0 Å². The van der Waals surface area contributed by atoms with Crippen molar-refractivity contribution >= 4 is 11.8 Å². The number of nitrogens with zero attached hydrogens (tertiary/aromatic N) is 5. The number of hydrogen-bond acceptors (Lipinski definition) is 5. The molecule has 0 aliphatic carbocycles. The zero-order valence-corrected chi connectivity index (χ0v) is 17.1. The van der Waals surface area contributed by atoms with E-state index in [9.17, 15) is 9.59 Å². The number of piperidine rings is 1. The third kappa shape index (κ3) is 3.90. The van der Waals surface area contributed by atoms with E-state index >= 15 is 0 Å². The van der Waals surface area contributed by atoms with E-state index in [1.807, 2.05) is 16.0 Å². The van der Waals surface area contributed by atoms with Crippen LogP contribution in [0, 0.1) is 0 Å². The molecule has 2 atom stereocenters. The number of carbonyl (C=O) groups excluding carboxylic acids is 2. The molecule has 0 bridgehead atoms. The molecule has 0 unspecified atom stereocenters. The Kier molecular flexibility index (Phi) is 5.62. The molecule has 0 aromatic carbocycles. The van der Waals surface area contributed by atoms with Crippen LogP contribution in [0.2, 0.25) is 0 Å². The summed E-state index contributed by atoms with van der Waals surface area (Å²) in [5, 5.41) is 0. The van der Waals surface area contributed by atoms with Crippen molar-refractivity contribution in [2.75, 3.05) is 26.2 Å². The largest absolute Gasteiger partial charge is 0.337 e. The van der Waals surface area contributed by atoms with Crippen LogP contribution in [0.15, 0.2) is 6.20 Å². The fraction of sp³-hybridized carbons (Fsp3) is 0.714. The second-order valence-electron chi connectivity index (χ2n) is 8.45. The highest BCUT2D eigenvalue weighted by molar-refractivity contribution is 5.78. The van der Waals surface area contributed by atoms with E-state index in [0.717, 1.165) is 49.4 Å². The first-order valence-electron chi connectivity index (χ1n) is 10.7. The van der Waals surface area contributed by atoms with Crippen molar-refractivity contribution in [1.29, 1.82) is 0 Å². The molecule has 0 radical (unpaired) electrons. The van der Waals surface area contributed by atoms with Crippen molar-refractivity contribution in [3.05, 3.63) is 23.3 Å². The number of fused-ring (bicyclic) bond motifs is 1. The predicted molar refractivity (Wildman–Crippen MR) is 105 cm³/mol. The van der Waals surface area contributed by atoms with Crippen LogP contribution in [0.4, 0.5) is 0 Å². The van der Waals surface area contributed by atoms with Crippen LogP contribution in [-0.2, 0) is 22.6 Å². The average molecular weight is 386 g/mol. The van der Waals surface area contributed by atoms with E-state index in [2.05, 4.69) is 16.8 Å². The van der Waals surface area contributed by atoms with E-state index in [1.54, 1.807) is 6.92 Å². The maximum Gasteiger partial charge on any atom is 0.237 e. The van der Waals surface area contributed by atoms with Crippen molar-refractivity contribution in [2.24, 2.45) is 0 Å². The van der Waals surface area contributed by atoms with Crippen LogP contribution in [-0.4, -0.2) is 68.7 Å². The maximum atomic E-state index is 12.8. The summed E-state index contributed by atoms with van der Waals surface area (Å²) in [5.74, 6) is 1.06. The summed E-state index contributed by atoms with van der Waals surface area (Å²) in [7, 11) is 0. The predicted octanol–water partition coefficient (Wildman–Crippen LogP) is 1.92. The van der Waals surface area contributed by atoms with E-state index in [1.165, 1.54) is 19.3 Å². The van der Waals surface area contributed by atoms with E-state index < -0.39 is 0 Å². The number of likely N-dealkylation sites (tertiary alicyclic amines) is 2. The third-order valence-corrected chi connectivity index (χ3v) is 6.54. The first-order valence-corrected chi connectivity index (χ1v) is 10.7. The lowest BCUT2D eigenvalue weighted by atomic mass is 10.0. The van der Waals surface area contributed by atoms with Crippen molar-refractivity contribution in [3.63, 3.8) is 0 Å². The fourth-order valence-corrected chi connectivity index (χ4v) is 4.78. The van der Waals surface area contributed by atoms with Gasteiger partial charge >= 0.3 is 0 Å². The summed E-state index contributed by atoms with van der Waals surface area (Å²) in [6.07, 6.45) is 8.21. The second kappa shape index (κ2) is 8.15. The molecule has 2 saturated heterocycles. The quantitative estimate of drug-likeness (QED) is 0.795. The van der Waals surface area contributed by atoms with Crippen molar-refractivity contribution in [2.45, 2.75) is 71.0 Å². The lowest BCUT2D eigenvalue weighted by Crippen LogP contribution is -2.47. The Balaban J connectivity index is 1.42. The van der Waals surface area contributed by atoms with Gasteiger partial charge in [0.05, 0.1) is 18.3 Å². The standard InChI is InChI=1S/C21H31N5O2/c1-15-6-3-4-9-24(15)14-20(28)25-11-8-18-17(13-25)12-22-21(23-18)19-7-5-10-26(19)16(2)27/h12,15,19H,3-11,13-14H2,1-2H3/t15-,19+/m1/s1. The molecule has 4 rings (SSSR count). The molecule has 3 aliphatic rings. The molecule has 2 fully saturated rings. The first-order chi connectivity index (χ1) is 13.5. The molecule has 28 heavy (non-hydrogen) atoms. The fourth-order valence-electron chi connectivity index (χ4n) is 4.78. The molecule has 0 spiro atoms. The van der Waals surface area contributed by atoms with Gasteiger partial charge in [-0.25, -0.2) is 9.97 Å². The summed E-state index contributed by atoms with van der Waals surface area (Å²) in [6.45, 7) is 7.48. The van der Waals surface area contributed by atoms with Crippen LogP contribution in [0.5, 0.6) is 0 Å². The molecular weight excluding hydrogens is 354 g/mol. The van der Waals surface area contributed by atoms with Crippen LogP contribution in [0.1, 0.15) is 69.1 Å². The van der Waals surface area contributed by atoms with Crippen LogP contribution in [0.3, 0.4) is 0 Å². The Morgan fingerprint density at radius 2 is 2.00 bits per heavy atom. The normalized spacial score (nSPS) is 25.6. The molecule has 3 aliphatic heterocycles. The molecule has 152 valence electrons. The van der Waals surface area contributed by atoms with Crippen molar-refractivity contribution in [3.8, 4) is 0 Å². The lowest BCUT2D eigenvalue weighted by molar-refractivity contribution is -0.134. The molecule has 0 N–H and O–H groups in total. The third-order valence-electron chi connectivity index (χ3n) is 6.54. The maximum absolute atomic E-state index is 12.8. The highest BCUT2D eigenvalue weighted by Gasteiger charge is 2.32. The van der Waals surface area contributed by atoms with Gasteiger partial charge < -0.3 is 9.80 Å². The van der Waals surface area contributed by atoms with Crippen molar-refractivity contribution < 1.29 is 9.59 Å². The summed E-state index contributed by atoms with van der Waals surface area (Å²) < 4.78 is 0. The van der Waals surface area contributed by atoms with Gasteiger partial charge in [-0.15, -0.1) is 0 Å². The summed E-state index contributed by atoms with van der Waals surface area (Å²) in [4.78, 5) is 40.2. The smallest absolute Gasteiger partial charge is 0.237 e. The minimum absolute atomic E-state index is 0.00282. The molecule has 7 heteroatoms. The Bertz CT molecular complexity index is 752. The highest BCUT2D eigenvalue weighted by Crippen LogP contribution is 2.30. The second-order valence-corrected chi connectivity index (χ2v) is 8.45. The van der Waals surface area contributed by atoms with Gasteiger partial charge in [0.15, 0.2) is 5.82 Å². The summed E-state index contributed by atoms with van der Waals surface area (Å²) in [5.41, 5.74) is 2.08. The molecule has 4 heterocycles. The monoisotopic (exact) mass is 385 g/mol.